The lowest BCUT2D eigenvalue weighted by Gasteiger charge is -2.17. The quantitative estimate of drug-likeness (QED) is 0.868. The monoisotopic (exact) mass is 282 g/mol. The standard InChI is InChI=1S/C14H22N2O2S/c1-14(2,3)19(18)9-8-13(17)16-12-7-5-4-6-11(12)10-15/h4-7H,8-10,15H2,1-3H3,(H,16,17). The zero-order chi connectivity index (χ0) is 14.5. The number of hydrogen-bond donors (Lipinski definition) is 2. The van der Waals surface area contributed by atoms with Crippen LogP contribution in [-0.2, 0) is 22.1 Å². The molecular weight excluding hydrogens is 260 g/mol. The van der Waals surface area contributed by atoms with E-state index in [4.69, 9.17) is 5.73 Å². The molecule has 5 heteroatoms. The van der Waals surface area contributed by atoms with Gasteiger partial charge in [-0.05, 0) is 32.4 Å². The molecule has 1 aromatic rings. The number of hydrogen-bond acceptors (Lipinski definition) is 3. The summed E-state index contributed by atoms with van der Waals surface area (Å²) in [4.78, 5) is 11.8. The minimum absolute atomic E-state index is 0.126. The van der Waals surface area contributed by atoms with Gasteiger partial charge in [0.2, 0.25) is 5.91 Å². The van der Waals surface area contributed by atoms with Crippen molar-refractivity contribution in [3.05, 3.63) is 29.8 Å². The van der Waals surface area contributed by atoms with Crippen molar-refractivity contribution in [1.29, 1.82) is 0 Å². The van der Waals surface area contributed by atoms with Gasteiger partial charge in [0, 0.05) is 40.0 Å². The number of rotatable bonds is 5. The van der Waals surface area contributed by atoms with Gasteiger partial charge in [0.1, 0.15) is 0 Å². The van der Waals surface area contributed by atoms with Gasteiger partial charge in [-0.2, -0.15) is 0 Å². The SMILES string of the molecule is CC(C)(C)S(=O)CCC(=O)Nc1ccccc1CN. The summed E-state index contributed by atoms with van der Waals surface area (Å²) in [7, 11) is -1.01. The first-order valence-electron chi connectivity index (χ1n) is 6.31. The summed E-state index contributed by atoms with van der Waals surface area (Å²) in [5.74, 6) is 0.249. The van der Waals surface area contributed by atoms with Crippen LogP contribution in [0.4, 0.5) is 5.69 Å². The lowest BCUT2D eigenvalue weighted by molar-refractivity contribution is -0.115. The zero-order valence-electron chi connectivity index (χ0n) is 11.7. The molecule has 0 heterocycles. The molecule has 0 radical (unpaired) electrons. The Hall–Kier alpha value is -1.20. The van der Waals surface area contributed by atoms with Gasteiger partial charge in [-0.3, -0.25) is 9.00 Å². The molecule has 0 bridgehead atoms. The van der Waals surface area contributed by atoms with Gasteiger partial charge >= 0.3 is 0 Å². The highest BCUT2D eigenvalue weighted by Gasteiger charge is 2.20. The summed E-state index contributed by atoms with van der Waals surface area (Å²) in [5.41, 5.74) is 7.23. The Bertz CT molecular complexity index is 467. The lowest BCUT2D eigenvalue weighted by atomic mass is 10.2. The van der Waals surface area contributed by atoms with E-state index in [0.717, 1.165) is 11.3 Å². The van der Waals surface area contributed by atoms with Crippen LogP contribution < -0.4 is 11.1 Å². The predicted molar refractivity (Wildman–Crippen MR) is 80.3 cm³/mol. The molecule has 0 aliphatic carbocycles. The fourth-order valence-corrected chi connectivity index (χ4v) is 2.51. The summed E-state index contributed by atoms with van der Waals surface area (Å²) >= 11 is 0. The molecule has 3 N–H and O–H groups in total. The van der Waals surface area contributed by atoms with E-state index in [1.54, 1.807) is 0 Å². The van der Waals surface area contributed by atoms with Gasteiger partial charge in [0.25, 0.3) is 0 Å². The molecule has 19 heavy (non-hydrogen) atoms. The average molecular weight is 282 g/mol. The summed E-state index contributed by atoms with van der Waals surface area (Å²) in [6.45, 7) is 6.10. The maximum Gasteiger partial charge on any atom is 0.225 e. The summed E-state index contributed by atoms with van der Waals surface area (Å²) in [6, 6.07) is 7.43. The topological polar surface area (TPSA) is 72.2 Å². The highest BCUT2D eigenvalue weighted by atomic mass is 32.2. The number of carbonyl (C=O) groups excluding carboxylic acids is 1. The van der Waals surface area contributed by atoms with E-state index in [-0.39, 0.29) is 17.1 Å². The maximum absolute atomic E-state index is 11.9. The number of nitrogens with two attached hydrogens (primary N) is 1. The molecule has 106 valence electrons. The first-order chi connectivity index (χ1) is 8.84. The number of nitrogens with one attached hydrogen (secondary N) is 1. The van der Waals surface area contributed by atoms with E-state index in [0.29, 0.717) is 12.3 Å². The molecule has 1 rings (SSSR count). The molecule has 0 fully saturated rings. The van der Waals surface area contributed by atoms with Crippen molar-refractivity contribution in [2.45, 2.75) is 38.5 Å². The Balaban J connectivity index is 2.54. The van der Waals surface area contributed by atoms with Crippen LogP contribution in [0, 0.1) is 0 Å². The summed E-state index contributed by atoms with van der Waals surface area (Å²) in [6.07, 6.45) is 0.253. The Morgan fingerprint density at radius 3 is 2.53 bits per heavy atom. The lowest BCUT2D eigenvalue weighted by Crippen LogP contribution is -2.26. The minimum atomic E-state index is -1.01. The Morgan fingerprint density at radius 2 is 1.95 bits per heavy atom. The van der Waals surface area contributed by atoms with E-state index in [9.17, 15) is 9.00 Å². The van der Waals surface area contributed by atoms with Crippen LogP contribution in [-0.4, -0.2) is 20.6 Å². The number of amides is 1. The van der Waals surface area contributed by atoms with Crippen LogP contribution in [0.5, 0.6) is 0 Å². The van der Waals surface area contributed by atoms with Crippen molar-refractivity contribution in [2.24, 2.45) is 5.73 Å². The normalized spacial score (nSPS) is 13.1. The van der Waals surface area contributed by atoms with Crippen molar-refractivity contribution < 1.29 is 9.00 Å². The molecule has 0 saturated carbocycles. The van der Waals surface area contributed by atoms with Crippen molar-refractivity contribution in [2.75, 3.05) is 11.1 Å². The molecular formula is C14H22N2O2S. The largest absolute Gasteiger partial charge is 0.326 e. The van der Waals surface area contributed by atoms with Crippen LogP contribution >= 0.6 is 0 Å². The second-order valence-corrected chi connectivity index (χ2v) is 7.65. The first kappa shape index (κ1) is 15.9. The van der Waals surface area contributed by atoms with Crippen molar-refractivity contribution in [3.8, 4) is 0 Å². The van der Waals surface area contributed by atoms with Gasteiger partial charge < -0.3 is 11.1 Å². The molecule has 1 unspecified atom stereocenters. The highest BCUT2D eigenvalue weighted by molar-refractivity contribution is 7.86. The van der Waals surface area contributed by atoms with Crippen molar-refractivity contribution >= 4 is 22.4 Å². The van der Waals surface area contributed by atoms with E-state index in [1.165, 1.54) is 0 Å². The summed E-state index contributed by atoms with van der Waals surface area (Å²) in [5, 5.41) is 2.81. The number of anilines is 1. The molecule has 0 aliphatic heterocycles. The third-order valence-electron chi connectivity index (χ3n) is 2.71. The second-order valence-electron chi connectivity index (χ2n) is 5.32. The molecule has 0 aromatic heterocycles. The zero-order valence-corrected chi connectivity index (χ0v) is 12.5. The Labute approximate surface area is 117 Å². The van der Waals surface area contributed by atoms with Crippen molar-refractivity contribution in [1.82, 2.24) is 0 Å². The van der Waals surface area contributed by atoms with Crippen LogP contribution in [0.3, 0.4) is 0 Å². The van der Waals surface area contributed by atoms with E-state index in [2.05, 4.69) is 5.32 Å². The molecule has 1 atom stereocenters. The number of benzene rings is 1. The van der Waals surface area contributed by atoms with E-state index in [1.807, 2.05) is 45.0 Å². The smallest absolute Gasteiger partial charge is 0.225 e. The van der Waals surface area contributed by atoms with Gasteiger partial charge in [-0.15, -0.1) is 0 Å². The van der Waals surface area contributed by atoms with E-state index >= 15 is 0 Å². The third-order valence-corrected chi connectivity index (χ3v) is 4.65. The van der Waals surface area contributed by atoms with Crippen LogP contribution in [0.15, 0.2) is 24.3 Å². The second kappa shape index (κ2) is 6.82. The fourth-order valence-electron chi connectivity index (χ4n) is 1.52. The average Bonchev–Trinajstić information content (AvgIpc) is 2.35. The third kappa shape index (κ3) is 5.12. The fraction of sp³-hybridized carbons (Fsp3) is 0.500. The molecule has 0 spiro atoms. The first-order valence-corrected chi connectivity index (χ1v) is 7.63. The molecule has 1 aromatic carbocycles. The molecule has 0 aliphatic rings. The van der Waals surface area contributed by atoms with Crippen LogP contribution in [0.25, 0.3) is 0 Å². The molecule has 4 nitrogen and oxygen atoms in total. The number of carbonyl (C=O) groups is 1. The maximum atomic E-state index is 11.9. The molecule has 0 saturated heterocycles. The molecule has 1 amide bonds. The van der Waals surface area contributed by atoms with Crippen molar-refractivity contribution in [3.63, 3.8) is 0 Å². The van der Waals surface area contributed by atoms with E-state index < -0.39 is 10.8 Å². The highest BCUT2D eigenvalue weighted by Crippen LogP contribution is 2.15. The summed E-state index contributed by atoms with van der Waals surface area (Å²) < 4.78 is 11.6. The van der Waals surface area contributed by atoms with Gasteiger partial charge in [-0.25, -0.2) is 0 Å². The van der Waals surface area contributed by atoms with Gasteiger partial charge in [-0.1, -0.05) is 18.2 Å². The van der Waals surface area contributed by atoms with Crippen LogP contribution in [0.2, 0.25) is 0 Å². The minimum Gasteiger partial charge on any atom is -0.326 e. The Morgan fingerprint density at radius 1 is 1.32 bits per heavy atom. The predicted octanol–water partition coefficient (Wildman–Crippen LogP) is 2.02. The number of para-hydroxylation sites is 1. The van der Waals surface area contributed by atoms with Gasteiger partial charge in [0.15, 0.2) is 0 Å². The Kier molecular flexibility index (Phi) is 5.69. The van der Waals surface area contributed by atoms with Crippen LogP contribution in [0.1, 0.15) is 32.8 Å². The van der Waals surface area contributed by atoms with Gasteiger partial charge in [0.05, 0.1) is 0 Å².